The predicted molar refractivity (Wildman–Crippen MR) is 135 cm³/mol. The number of hydrogen-bond donors (Lipinski definition) is 11. The van der Waals surface area contributed by atoms with E-state index < -0.39 is 134 Å². The maximum Gasteiger partial charge on any atom is 0.397 e. The van der Waals surface area contributed by atoms with Crippen LogP contribution in [0.1, 0.15) is 13.8 Å². The number of rotatable bonds is 11. The molecule has 22 heteroatoms. The van der Waals surface area contributed by atoms with Crippen molar-refractivity contribution in [3.8, 4) is 0 Å². The minimum Gasteiger partial charge on any atom is -0.394 e. The Morgan fingerprint density at radius 1 is 0.705 bits per heavy atom. The van der Waals surface area contributed by atoms with Crippen molar-refractivity contribution in [3.05, 3.63) is 0 Å². The molecule has 0 aromatic carbocycles. The van der Waals surface area contributed by atoms with Crippen LogP contribution in [-0.4, -0.2) is 177 Å². The molecule has 2 amide bonds. The van der Waals surface area contributed by atoms with E-state index in [1.54, 1.807) is 0 Å². The number of amides is 2. The summed E-state index contributed by atoms with van der Waals surface area (Å²) >= 11 is 0. The second-order valence-electron chi connectivity index (χ2n) is 10.4. The molecule has 3 heterocycles. The van der Waals surface area contributed by atoms with Crippen molar-refractivity contribution in [3.63, 3.8) is 0 Å². The zero-order chi connectivity index (χ0) is 33.1. The largest absolute Gasteiger partial charge is 0.397 e. The van der Waals surface area contributed by atoms with Crippen LogP contribution in [0.4, 0.5) is 0 Å². The van der Waals surface area contributed by atoms with E-state index in [0.29, 0.717) is 0 Å². The van der Waals surface area contributed by atoms with Crippen molar-refractivity contribution in [1.29, 1.82) is 0 Å². The average Bonchev–Trinajstić information content (AvgIpc) is 2.93. The SMILES string of the molecule is CC(=O)N[C@@H]1[C@@H](OC2O[C@H](CO)[C@H](O)[C@H](O)[C@H]2O)[C@@H](O)[C@@H](COC2O[C@H](COS(=O)(=O)O)[C@@H](O)[C@H](O)[C@H]2NC(C)=O)O[C@H]1O. The van der Waals surface area contributed by atoms with Gasteiger partial charge in [-0.15, -0.1) is 0 Å². The molecule has 0 aromatic rings. The summed E-state index contributed by atoms with van der Waals surface area (Å²) in [6.07, 6.45) is -22.7. The van der Waals surface area contributed by atoms with Gasteiger partial charge in [0.25, 0.3) is 0 Å². The van der Waals surface area contributed by atoms with E-state index in [2.05, 4.69) is 14.8 Å². The molecular weight excluding hydrogens is 628 g/mol. The Kier molecular flexibility index (Phi) is 12.7. The van der Waals surface area contributed by atoms with Crippen molar-refractivity contribution in [1.82, 2.24) is 10.6 Å². The lowest BCUT2D eigenvalue weighted by molar-refractivity contribution is -0.345. The summed E-state index contributed by atoms with van der Waals surface area (Å²) in [5.41, 5.74) is 0. The topological polar surface area (TPSA) is 330 Å². The molecule has 15 atom stereocenters. The molecule has 3 saturated heterocycles. The number of aliphatic hydroxyl groups excluding tert-OH is 8. The van der Waals surface area contributed by atoms with Crippen LogP contribution in [-0.2, 0) is 47.9 Å². The Morgan fingerprint density at radius 2 is 1.25 bits per heavy atom. The third-order valence-electron chi connectivity index (χ3n) is 7.08. The number of hydrogen-bond acceptors (Lipinski definition) is 18. The molecule has 21 nitrogen and oxygen atoms in total. The summed E-state index contributed by atoms with van der Waals surface area (Å²) in [7, 11) is -4.98. The molecule has 0 radical (unpaired) electrons. The van der Waals surface area contributed by atoms with Gasteiger partial charge in [0.1, 0.15) is 73.1 Å². The predicted octanol–water partition coefficient (Wildman–Crippen LogP) is -7.46. The molecule has 0 bridgehead atoms. The van der Waals surface area contributed by atoms with Crippen LogP contribution in [0, 0.1) is 0 Å². The zero-order valence-electron chi connectivity index (χ0n) is 23.3. The summed E-state index contributed by atoms with van der Waals surface area (Å²) < 4.78 is 62.3. The van der Waals surface area contributed by atoms with E-state index in [1.807, 2.05) is 0 Å². The van der Waals surface area contributed by atoms with Crippen LogP contribution in [0.3, 0.4) is 0 Å². The van der Waals surface area contributed by atoms with Crippen molar-refractivity contribution in [2.45, 2.75) is 106 Å². The van der Waals surface area contributed by atoms with Crippen LogP contribution in [0.5, 0.6) is 0 Å². The van der Waals surface area contributed by atoms with Crippen LogP contribution in [0.15, 0.2) is 0 Å². The number of carbonyl (C=O) groups is 2. The minimum atomic E-state index is -4.98. The first-order valence-electron chi connectivity index (χ1n) is 13.2. The van der Waals surface area contributed by atoms with Gasteiger partial charge in [0.05, 0.1) is 19.8 Å². The molecule has 0 saturated carbocycles. The van der Waals surface area contributed by atoms with Crippen molar-refractivity contribution < 1.29 is 91.3 Å². The van der Waals surface area contributed by atoms with Crippen molar-refractivity contribution in [2.75, 3.05) is 19.8 Å². The Hall–Kier alpha value is -1.71. The first kappa shape index (κ1) is 36.8. The van der Waals surface area contributed by atoms with Gasteiger partial charge in [0.2, 0.25) is 11.8 Å². The average molecular weight is 667 g/mol. The normalized spacial score (nSPS) is 43.3. The molecule has 256 valence electrons. The van der Waals surface area contributed by atoms with Gasteiger partial charge in [-0.25, -0.2) is 4.18 Å². The van der Waals surface area contributed by atoms with Gasteiger partial charge < -0.3 is 75.2 Å². The molecule has 0 spiro atoms. The fourth-order valence-electron chi connectivity index (χ4n) is 4.90. The summed E-state index contributed by atoms with van der Waals surface area (Å²) in [5.74, 6) is -1.41. The maximum absolute atomic E-state index is 11.8. The lowest BCUT2D eigenvalue weighted by atomic mass is 9.95. The minimum absolute atomic E-state index is 0.707. The lowest BCUT2D eigenvalue weighted by Crippen LogP contribution is -2.68. The Bertz CT molecular complexity index is 1080. The first-order chi connectivity index (χ1) is 20.4. The second kappa shape index (κ2) is 15.3. The standard InChI is InChI=1S/C22H38N2O19S/c1-6(26)23-11-16(31)14(29)10(5-39-44(35,36)37)42-21(11)38-4-9-15(30)19(12(20(34)40-9)24-7(2)27)43-22-18(33)17(32)13(28)8(3-25)41-22/h8-22,25,28-34H,3-5H2,1-2H3,(H,23,26)(H,24,27)(H,35,36,37)/t8-,9-,10-,11-,12-,13+,14-,15+,16-,17+,18-,19-,20-,21?,22?/m1/s1. The van der Waals surface area contributed by atoms with E-state index in [-0.39, 0.29) is 0 Å². The van der Waals surface area contributed by atoms with E-state index in [0.717, 1.165) is 13.8 Å². The smallest absolute Gasteiger partial charge is 0.394 e. The van der Waals surface area contributed by atoms with Gasteiger partial charge in [-0.1, -0.05) is 0 Å². The maximum atomic E-state index is 11.8. The van der Waals surface area contributed by atoms with E-state index in [9.17, 15) is 58.9 Å². The molecule has 3 aliphatic heterocycles. The summed E-state index contributed by atoms with van der Waals surface area (Å²) in [6, 6.07) is -2.99. The van der Waals surface area contributed by atoms with Gasteiger partial charge in [-0.05, 0) is 0 Å². The Morgan fingerprint density at radius 3 is 1.82 bits per heavy atom. The Labute approximate surface area is 250 Å². The van der Waals surface area contributed by atoms with Crippen LogP contribution in [0.25, 0.3) is 0 Å². The highest BCUT2D eigenvalue weighted by molar-refractivity contribution is 7.80. The summed E-state index contributed by atoms with van der Waals surface area (Å²) in [4.78, 5) is 23.6. The third-order valence-corrected chi connectivity index (χ3v) is 7.51. The number of carbonyl (C=O) groups excluding carboxylic acids is 2. The number of ether oxygens (including phenoxy) is 5. The van der Waals surface area contributed by atoms with E-state index in [1.165, 1.54) is 0 Å². The van der Waals surface area contributed by atoms with Crippen LogP contribution >= 0.6 is 0 Å². The van der Waals surface area contributed by atoms with Crippen LogP contribution in [0.2, 0.25) is 0 Å². The third kappa shape index (κ3) is 8.97. The van der Waals surface area contributed by atoms with Gasteiger partial charge in [-0.2, -0.15) is 8.42 Å². The highest BCUT2D eigenvalue weighted by atomic mass is 32.3. The summed E-state index contributed by atoms with van der Waals surface area (Å²) in [6.45, 7) is -0.378. The molecular formula is C22H38N2O19S. The van der Waals surface area contributed by atoms with Crippen molar-refractivity contribution in [2.24, 2.45) is 0 Å². The van der Waals surface area contributed by atoms with Gasteiger partial charge >= 0.3 is 10.4 Å². The highest BCUT2D eigenvalue weighted by Gasteiger charge is 2.52. The quantitative estimate of drug-likeness (QED) is 0.0912. The molecule has 0 aliphatic carbocycles. The fourth-order valence-corrected chi connectivity index (χ4v) is 5.20. The summed E-state index contributed by atoms with van der Waals surface area (Å²) in [5, 5.41) is 87.3. The number of aliphatic hydroxyl groups is 8. The monoisotopic (exact) mass is 666 g/mol. The van der Waals surface area contributed by atoms with E-state index in [4.69, 9.17) is 28.2 Å². The molecule has 3 fully saturated rings. The molecule has 3 rings (SSSR count). The molecule has 44 heavy (non-hydrogen) atoms. The van der Waals surface area contributed by atoms with Gasteiger partial charge in [0, 0.05) is 13.8 Å². The Balaban J connectivity index is 1.80. The molecule has 2 unspecified atom stereocenters. The highest BCUT2D eigenvalue weighted by Crippen LogP contribution is 2.30. The van der Waals surface area contributed by atoms with E-state index >= 15 is 0 Å². The molecule has 3 aliphatic rings. The zero-order valence-corrected chi connectivity index (χ0v) is 24.1. The fraction of sp³-hybridized carbons (Fsp3) is 0.909. The van der Waals surface area contributed by atoms with Crippen LogP contribution < -0.4 is 10.6 Å². The number of nitrogens with one attached hydrogen (secondary N) is 2. The van der Waals surface area contributed by atoms with Gasteiger partial charge in [0.15, 0.2) is 18.9 Å². The van der Waals surface area contributed by atoms with Gasteiger partial charge in [-0.3, -0.25) is 14.1 Å². The molecule has 11 N–H and O–H groups in total. The molecule has 0 aromatic heterocycles. The first-order valence-corrected chi connectivity index (χ1v) is 14.6. The lowest BCUT2D eigenvalue weighted by Gasteiger charge is -2.47. The van der Waals surface area contributed by atoms with Crippen molar-refractivity contribution >= 4 is 22.2 Å². The second-order valence-corrected chi connectivity index (χ2v) is 11.5.